The molecule has 0 fully saturated rings. The predicted molar refractivity (Wildman–Crippen MR) is 126 cm³/mol. The van der Waals surface area contributed by atoms with Gasteiger partial charge in [0.2, 0.25) is 0 Å². The van der Waals surface area contributed by atoms with Crippen molar-refractivity contribution in [2.45, 2.75) is 5.92 Å². The molecule has 1 unspecified atom stereocenters. The Morgan fingerprint density at radius 2 is 1.09 bits per heavy atom. The van der Waals surface area contributed by atoms with E-state index in [1.807, 2.05) is 30.3 Å². The molecule has 6 heteroatoms. The summed E-state index contributed by atoms with van der Waals surface area (Å²) < 4.78 is 29.9. The van der Waals surface area contributed by atoms with E-state index in [-0.39, 0.29) is 5.82 Å². The quantitative estimate of drug-likeness (QED) is 0.283. The smallest absolute Gasteiger partial charge is 0.315 e. The summed E-state index contributed by atoms with van der Waals surface area (Å²) in [6, 6.07) is 29.1. The summed E-state index contributed by atoms with van der Waals surface area (Å²) in [5, 5.41) is 9.85. The van der Waals surface area contributed by atoms with Gasteiger partial charge in [0.1, 0.15) is 47.9 Å². The Morgan fingerprint density at radius 3 is 1.59 bits per heavy atom. The number of rotatable bonds is 10. The van der Waals surface area contributed by atoms with E-state index in [0.717, 1.165) is 0 Å². The molecule has 0 radical (unpaired) electrons. The summed E-state index contributed by atoms with van der Waals surface area (Å²) in [4.78, 5) is 12.0. The molecule has 0 saturated heterocycles. The highest BCUT2D eigenvalue weighted by molar-refractivity contribution is 5.80. The van der Waals surface area contributed by atoms with Crippen LogP contribution in [0.25, 0.3) is 0 Å². The molecule has 0 amide bonds. The fourth-order valence-corrected chi connectivity index (χ4v) is 3.44. The largest absolute Gasteiger partial charge is 0.490 e. The van der Waals surface area contributed by atoms with E-state index >= 15 is 0 Å². The van der Waals surface area contributed by atoms with Crippen LogP contribution in [0.4, 0.5) is 4.39 Å². The lowest BCUT2D eigenvalue weighted by Gasteiger charge is -2.15. The Morgan fingerprint density at radius 1 is 0.647 bits per heavy atom. The Hall–Kier alpha value is -4.32. The molecule has 4 rings (SSSR count). The zero-order chi connectivity index (χ0) is 23.8. The minimum atomic E-state index is -0.946. The maximum Gasteiger partial charge on any atom is 0.315 e. The maximum absolute atomic E-state index is 12.9. The third-order valence-corrected chi connectivity index (χ3v) is 5.09. The van der Waals surface area contributed by atoms with Crippen molar-refractivity contribution in [1.82, 2.24) is 0 Å². The zero-order valence-corrected chi connectivity index (χ0v) is 18.3. The lowest BCUT2D eigenvalue weighted by atomic mass is 9.91. The molecule has 4 aromatic carbocycles. The molecule has 1 N–H and O–H groups in total. The average Bonchev–Trinajstić information content (AvgIpc) is 2.85. The number of para-hydroxylation sites is 1. The van der Waals surface area contributed by atoms with E-state index in [0.29, 0.717) is 47.3 Å². The van der Waals surface area contributed by atoms with E-state index in [1.165, 1.54) is 12.1 Å². The number of carboxylic acids is 1. The van der Waals surface area contributed by atoms with Gasteiger partial charge in [-0.2, -0.15) is 0 Å². The highest BCUT2D eigenvalue weighted by atomic mass is 19.1. The molecule has 0 aliphatic rings. The molecule has 0 spiro atoms. The van der Waals surface area contributed by atoms with Crippen LogP contribution in [-0.4, -0.2) is 24.3 Å². The van der Waals surface area contributed by atoms with Crippen LogP contribution in [0.1, 0.15) is 17.0 Å². The van der Waals surface area contributed by atoms with Gasteiger partial charge in [-0.05, 0) is 71.8 Å². The van der Waals surface area contributed by atoms with Crippen LogP contribution in [0.15, 0.2) is 103 Å². The molecule has 34 heavy (non-hydrogen) atoms. The molecule has 0 saturated carbocycles. The Bertz CT molecular complexity index is 1190. The number of aliphatic carboxylic acids is 1. The molecule has 1 atom stereocenters. The van der Waals surface area contributed by atoms with Crippen molar-refractivity contribution in [2.75, 3.05) is 13.2 Å². The second-order valence-electron chi connectivity index (χ2n) is 7.48. The first-order chi connectivity index (χ1) is 16.6. The second-order valence-corrected chi connectivity index (χ2v) is 7.48. The van der Waals surface area contributed by atoms with Crippen molar-refractivity contribution in [1.29, 1.82) is 0 Å². The molecule has 4 aromatic rings. The summed E-state index contributed by atoms with van der Waals surface area (Å²) >= 11 is 0. The molecule has 0 aliphatic heterocycles. The average molecular weight is 458 g/mol. The first kappa shape index (κ1) is 22.9. The first-order valence-corrected chi connectivity index (χ1v) is 10.8. The van der Waals surface area contributed by atoms with Crippen molar-refractivity contribution in [3.05, 3.63) is 120 Å². The molecular formula is C28H23FO5. The monoisotopic (exact) mass is 458 g/mol. The summed E-state index contributed by atoms with van der Waals surface area (Å²) in [6.45, 7) is 0.588. The fourth-order valence-electron chi connectivity index (χ4n) is 3.44. The molecule has 0 heterocycles. The summed E-state index contributed by atoms with van der Waals surface area (Å²) in [5.74, 6) is 0.418. The number of benzene rings is 4. The normalized spacial score (nSPS) is 11.4. The SMILES string of the molecule is O=C(O)C(c1ccc(OCCOc2ccc(F)cc2)cc1)c1ccc(Oc2ccccc2)cc1. The minimum Gasteiger partial charge on any atom is -0.490 e. The molecular weight excluding hydrogens is 435 g/mol. The standard InChI is InChI=1S/C28H23FO5/c29-22-10-16-24(17-11-22)33-19-18-32-23-12-6-20(7-13-23)27(28(30)31)21-8-14-26(15-9-21)34-25-4-2-1-3-5-25/h1-17,27H,18-19H2,(H,30,31). The Kier molecular flexibility index (Phi) is 7.40. The summed E-state index contributed by atoms with van der Waals surface area (Å²) in [5.41, 5.74) is 1.29. The van der Waals surface area contributed by atoms with Crippen molar-refractivity contribution in [3.63, 3.8) is 0 Å². The molecule has 0 aliphatic carbocycles. The molecule has 0 bridgehead atoms. The van der Waals surface area contributed by atoms with Crippen LogP contribution >= 0.6 is 0 Å². The van der Waals surface area contributed by atoms with Gasteiger partial charge in [0, 0.05) is 0 Å². The first-order valence-electron chi connectivity index (χ1n) is 10.8. The number of carboxylic acid groups (broad SMARTS) is 1. The van der Waals surface area contributed by atoms with Crippen LogP contribution < -0.4 is 14.2 Å². The third-order valence-electron chi connectivity index (χ3n) is 5.09. The highest BCUT2D eigenvalue weighted by Crippen LogP contribution is 2.29. The Labute approximate surface area is 197 Å². The number of hydrogen-bond acceptors (Lipinski definition) is 4. The molecule has 172 valence electrons. The predicted octanol–water partition coefficient (Wildman–Crippen LogP) is 6.29. The Balaban J connectivity index is 1.35. The van der Waals surface area contributed by atoms with Gasteiger partial charge >= 0.3 is 5.97 Å². The number of halogens is 1. The van der Waals surface area contributed by atoms with E-state index in [1.54, 1.807) is 60.7 Å². The van der Waals surface area contributed by atoms with Gasteiger partial charge in [-0.25, -0.2) is 4.39 Å². The summed E-state index contributed by atoms with van der Waals surface area (Å²) in [7, 11) is 0. The van der Waals surface area contributed by atoms with Crippen LogP contribution in [0.5, 0.6) is 23.0 Å². The van der Waals surface area contributed by atoms with Crippen molar-refractivity contribution < 1.29 is 28.5 Å². The van der Waals surface area contributed by atoms with Crippen molar-refractivity contribution >= 4 is 5.97 Å². The van der Waals surface area contributed by atoms with Gasteiger partial charge in [0.15, 0.2) is 0 Å². The second kappa shape index (κ2) is 11.0. The third kappa shape index (κ3) is 6.13. The lowest BCUT2D eigenvalue weighted by Crippen LogP contribution is -2.13. The van der Waals surface area contributed by atoms with Crippen LogP contribution in [0.3, 0.4) is 0 Å². The van der Waals surface area contributed by atoms with E-state index in [4.69, 9.17) is 14.2 Å². The van der Waals surface area contributed by atoms with Gasteiger partial charge in [0.25, 0.3) is 0 Å². The van der Waals surface area contributed by atoms with Crippen LogP contribution in [0, 0.1) is 5.82 Å². The van der Waals surface area contributed by atoms with E-state index in [9.17, 15) is 14.3 Å². The van der Waals surface area contributed by atoms with Gasteiger partial charge in [-0.15, -0.1) is 0 Å². The minimum absolute atomic E-state index is 0.294. The van der Waals surface area contributed by atoms with Gasteiger partial charge < -0.3 is 19.3 Å². The molecule has 5 nitrogen and oxygen atoms in total. The molecule has 0 aromatic heterocycles. The van der Waals surface area contributed by atoms with Gasteiger partial charge in [-0.1, -0.05) is 42.5 Å². The topological polar surface area (TPSA) is 65.0 Å². The van der Waals surface area contributed by atoms with Crippen molar-refractivity contribution in [2.24, 2.45) is 0 Å². The van der Waals surface area contributed by atoms with Crippen molar-refractivity contribution in [3.8, 4) is 23.0 Å². The van der Waals surface area contributed by atoms with Gasteiger partial charge in [0.05, 0.1) is 0 Å². The summed E-state index contributed by atoms with van der Waals surface area (Å²) in [6.07, 6.45) is 0. The number of carbonyl (C=O) groups is 1. The fraction of sp³-hybridized carbons (Fsp3) is 0.107. The van der Waals surface area contributed by atoms with Crippen LogP contribution in [0.2, 0.25) is 0 Å². The van der Waals surface area contributed by atoms with E-state index in [2.05, 4.69) is 0 Å². The van der Waals surface area contributed by atoms with Crippen LogP contribution in [-0.2, 0) is 4.79 Å². The highest BCUT2D eigenvalue weighted by Gasteiger charge is 2.22. The number of ether oxygens (including phenoxy) is 3. The van der Waals surface area contributed by atoms with Gasteiger partial charge in [-0.3, -0.25) is 4.79 Å². The lowest BCUT2D eigenvalue weighted by molar-refractivity contribution is -0.137. The van der Waals surface area contributed by atoms with E-state index < -0.39 is 11.9 Å². The zero-order valence-electron chi connectivity index (χ0n) is 18.3. The number of hydrogen-bond donors (Lipinski definition) is 1. The maximum atomic E-state index is 12.9.